The zero-order valence-electron chi connectivity index (χ0n) is 6.19. The summed E-state index contributed by atoms with van der Waals surface area (Å²) in [5, 5.41) is 0.860. The van der Waals surface area contributed by atoms with E-state index < -0.39 is 0 Å². The molecule has 0 spiro atoms. The van der Waals surface area contributed by atoms with Gasteiger partial charge in [-0.05, 0) is 6.07 Å². The Morgan fingerprint density at radius 3 is 3.08 bits per heavy atom. The molecule has 0 saturated heterocycles. The largest absolute Gasteiger partial charge is 0.285 e. The number of para-hydroxylation sites is 1. The first-order chi connectivity index (χ1) is 5.92. The molecule has 12 heavy (non-hydrogen) atoms. The minimum atomic E-state index is 0.481. The fourth-order valence-corrected chi connectivity index (χ4v) is 1.10. The van der Waals surface area contributed by atoms with Crippen molar-refractivity contribution in [1.82, 2.24) is 9.97 Å². The van der Waals surface area contributed by atoms with Crippen LogP contribution < -0.4 is 0 Å². The summed E-state index contributed by atoms with van der Waals surface area (Å²) in [5.74, 6) is 0. The quantitative estimate of drug-likeness (QED) is 0.622. The first-order valence-corrected chi connectivity index (χ1v) is 3.49. The Hall–Kier alpha value is -1.77. The highest BCUT2D eigenvalue weighted by molar-refractivity contribution is 5.95. The average molecular weight is 157 g/mol. The smallest absolute Gasteiger partial charge is 0.235 e. The predicted octanol–water partition coefficient (Wildman–Crippen LogP) is 1.09. The van der Waals surface area contributed by atoms with Gasteiger partial charge in [-0.1, -0.05) is 12.1 Å². The number of hydrogen-bond acceptors (Lipinski definition) is 3. The van der Waals surface area contributed by atoms with E-state index in [1.165, 1.54) is 6.33 Å². The summed E-state index contributed by atoms with van der Waals surface area (Å²) in [6.07, 6.45) is 4.92. The molecular weight excluding hydrogens is 152 g/mol. The van der Waals surface area contributed by atoms with Crippen molar-refractivity contribution in [1.29, 1.82) is 0 Å². The van der Waals surface area contributed by atoms with Gasteiger partial charge in [-0.25, -0.2) is 9.97 Å². The lowest BCUT2D eigenvalue weighted by atomic mass is 10.1. The van der Waals surface area contributed by atoms with Gasteiger partial charge in [0.2, 0.25) is 6.29 Å². The molecule has 2 aromatic rings. The molecule has 1 radical (unpaired) electrons. The summed E-state index contributed by atoms with van der Waals surface area (Å²) in [6.45, 7) is 0. The van der Waals surface area contributed by atoms with Gasteiger partial charge in [0.25, 0.3) is 0 Å². The summed E-state index contributed by atoms with van der Waals surface area (Å²) in [4.78, 5) is 18.3. The molecule has 1 heterocycles. The third-order valence-electron chi connectivity index (χ3n) is 1.64. The maximum atomic E-state index is 10.4. The third kappa shape index (κ3) is 0.955. The second-order valence-corrected chi connectivity index (χ2v) is 2.37. The molecule has 0 aliphatic carbocycles. The van der Waals surface area contributed by atoms with Gasteiger partial charge in [-0.3, -0.25) is 4.79 Å². The van der Waals surface area contributed by atoms with E-state index in [0.29, 0.717) is 11.1 Å². The molecule has 2 rings (SSSR count). The molecule has 0 amide bonds. The van der Waals surface area contributed by atoms with Crippen molar-refractivity contribution in [2.45, 2.75) is 0 Å². The second-order valence-electron chi connectivity index (χ2n) is 2.37. The fraction of sp³-hybridized carbons (Fsp3) is 0. The Kier molecular flexibility index (Phi) is 1.55. The summed E-state index contributed by atoms with van der Waals surface area (Å²) in [5.41, 5.74) is 1.14. The van der Waals surface area contributed by atoms with Crippen molar-refractivity contribution in [3.8, 4) is 0 Å². The van der Waals surface area contributed by atoms with Crippen LogP contribution in [-0.2, 0) is 4.79 Å². The molecule has 0 fully saturated rings. The van der Waals surface area contributed by atoms with Crippen LogP contribution >= 0.6 is 0 Å². The molecule has 1 aromatic carbocycles. The first kappa shape index (κ1) is 6.91. The number of hydrogen-bond donors (Lipinski definition) is 0. The molecule has 0 N–H and O–H groups in total. The molecule has 3 nitrogen and oxygen atoms in total. The van der Waals surface area contributed by atoms with Gasteiger partial charge < -0.3 is 0 Å². The van der Waals surface area contributed by atoms with Crippen molar-refractivity contribution in [2.24, 2.45) is 0 Å². The van der Waals surface area contributed by atoms with Crippen molar-refractivity contribution in [3.05, 3.63) is 36.3 Å². The number of carbonyl (C=O) groups excluding carboxylic acids is 1. The fourth-order valence-electron chi connectivity index (χ4n) is 1.10. The van der Waals surface area contributed by atoms with E-state index in [9.17, 15) is 4.79 Å². The highest BCUT2D eigenvalue weighted by atomic mass is 16.1. The minimum Gasteiger partial charge on any atom is -0.285 e. The van der Waals surface area contributed by atoms with Gasteiger partial charge in [0.05, 0.1) is 11.1 Å². The first-order valence-electron chi connectivity index (χ1n) is 3.49. The average Bonchev–Trinajstić information content (AvgIpc) is 2.17. The van der Waals surface area contributed by atoms with Crippen molar-refractivity contribution in [3.63, 3.8) is 0 Å². The number of nitrogens with zero attached hydrogens (tertiary/aromatic N) is 2. The van der Waals surface area contributed by atoms with Gasteiger partial charge in [-0.2, -0.15) is 0 Å². The molecule has 1 aromatic heterocycles. The minimum absolute atomic E-state index is 0.481. The predicted molar refractivity (Wildman–Crippen MR) is 44.3 cm³/mol. The SMILES string of the molecule is O=[C]c1cccc2cncnc12. The summed E-state index contributed by atoms with van der Waals surface area (Å²) < 4.78 is 0. The maximum Gasteiger partial charge on any atom is 0.235 e. The lowest BCUT2D eigenvalue weighted by Gasteiger charge is -1.95. The molecule has 0 unspecified atom stereocenters. The maximum absolute atomic E-state index is 10.4. The molecule has 0 aliphatic heterocycles. The highest BCUT2D eigenvalue weighted by Crippen LogP contribution is 2.12. The van der Waals surface area contributed by atoms with Crippen LogP contribution in [0.5, 0.6) is 0 Å². The van der Waals surface area contributed by atoms with Crippen LogP contribution in [0.2, 0.25) is 0 Å². The van der Waals surface area contributed by atoms with Gasteiger partial charge in [0, 0.05) is 11.6 Å². The van der Waals surface area contributed by atoms with Crippen LogP contribution in [-0.4, -0.2) is 16.3 Å². The van der Waals surface area contributed by atoms with Crippen LogP contribution in [0.4, 0.5) is 0 Å². The second kappa shape index (κ2) is 2.70. The van der Waals surface area contributed by atoms with Gasteiger partial charge >= 0.3 is 0 Å². The van der Waals surface area contributed by atoms with E-state index in [-0.39, 0.29) is 0 Å². The van der Waals surface area contributed by atoms with Crippen molar-refractivity contribution in [2.75, 3.05) is 0 Å². The van der Waals surface area contributed by atoms with Gasteiger partial charge in [0.15, 0.2) is 0 Å². The molecule has 57 valence electrons. The zero-order valence-corrected chi connectivity index (χ0v) is 6.19. The lowest BCUT2D eigenvalue weighted by molar-refractivity contribution is 0.563. The van der Waals surface area contributed by atoms with Crippen molar-refractivity contribution < 1.29 is 4.79 Å². The standard InChI is InChI=1S/C9H5N2O/c12-5-8-3-1-2-7-4-10-6-11-9(7)8/h1-4,6H. The zero-order chi connectivity index (χ0) is 8.39. The molecular formula is C9H5N2O. The van der Waals surface area contributed by atoms with Crippen LogP contribution in [0.15, 0.2) is 30.7 Å². The topological polar surface area (TPSA) is 42.9 Å². The normalized spacial score (nSPS) is 10.0. The van der Waals surface area contributed by atoms with Crippen LogP contribution in [0, 0.1) is 0 Å². The van der Waals surface area contributed by atoms with E-state index in [1.54, 1.807) is 18.3 Å². The molecule has 0 aliphatic rings. The third-order valence-corrected chi connectivity index (χ3v) is 1.64. The molecule has 0 bridgehead atoms. The Morgan fingerprint density at radius 1 is 1.33 bits per heavy atom. The van der Waals surface area contributed by atoms with E-state index in [4.69, 9.17) is 0 Å². The van der Waals surface area contributed by atoms with Crippen LogP contribution in [0.25, 0.3) is 10.9 Å². The highest BCUT2D eigenvalue weighted by Gasteiger charge is 1.99. The summed E-state index contributed by atoms with van der Waals surface area (Å²) in [7, 11) is 0. The van der Waals surface area contributed by atoms with E-state index >= 15 is 0 Å². The Labute approximate surface area is 69.1 Å². The van der Waals surface area contributed by atoms with E-state index in [0.717, 1.165) is 5.39 Å². The molecule has 0 atom stereocenters. The Bertz CT molecular complexity index is 420. The number of fused-ring (bicyclic) bond motifs is 1. The Balaban J connectivity index is 2.88. The van der Waals surface area contributed by atoms with E-state index in [1.807, 2.05) is 12.4 Å². The number of aromatic nitrogens is 2. The number of benzene rings is 1. The Morgan fingerprint density at radius 2 is 2.25 bits per heavy atom. The van der Waals surface area contributed by atoms with Crippen molar-refractivity contribution >= 4 is 17.2 Å². The lowest BCUT2D eigenvalue weighted by Crippen LogP contribution is -1.87. The van der Waals surface area contributed by atoms with Gasteiger partial charge in [-0.15, -0.1) is 0 Å². The van der Waals surface area contributed by atoms with E-state index in [2.05, 4.69) is 9.97 Å². The molecule has 3 heteroatoms. The van der Waals surface area contributed by atoms with Crippen LogP contribution in [0.3, 0.4) is 0 Å². The van der Waals surface area contributed by atoms with Crippen LogP contribution in [0.1, 0.15) is 5.56 Å². The summed E-state index contributed by atoms with van der Waals surface area (Å²) in [6, 6.07) is 5.32. The summed E-state index contributed by atoms with van der Waals surface area (Å²) >= 11 is 0. The molecule has 0 saturated carbocycles. The monoisotopic (exact) mass is 157 g/mol. The number of rotatable bonds is 1. The van der Waals surface area contributed by atoms with Gasteiger partial charge in [0.1, 0.15) is 6.33 Å².